The highest BCUT2D eigenvalue weighted by Crippen LogP contribution is 2.28. The van der Waals surface area contributed by atoms with Crippen LogP contribution >= 0.6 is 0 Å². The fraction of sp³-hybridized carbons (Fsp3) is 0.333. The first-order valence-corrected chi connectivity index (χ1v) is 8.26. The summed E-state index contributed by atoms with van der Waals surface area (Å²) in [7, 11) is 0.0972. The highest BCUT2D eigenvalue weighted by Gasteiger charge is 2.32. The van der Waals surface area contributed by atoms with Crippen LogP contribution in [0.25, 0.3) is 11.1 Å². The average molecular weight is 378 g/mol. The molecule has 1 heterocycles. The Morgan fingerprint density at radius 3 is 2.28 bits per heavy atom. The smallest absolute Gasteiger partial charge is 0.303 e. The molecule has 0 radical (unpaired) electrons. The van der Waals surface area contributed by atoms with Crippen LogP contribution in [0.1, 0.15) is 5.56 Å². The lowest BCUT2D eigenvalue weighted by Gasteiger charge is -2.13. The summed E-state index contributed by atoms with van der Waals surface area (Å²) in [6.45, 7) is 1.33. The molecule has 0 aliphatic heterocycles. The molecule has 1 aromatic carbocycles. The molecule has 2 rings (SSSR count). The van der Waals surface area contributed by atoms with E-state index in [1.165, 1.54) is 21.0 Å². The summed E-state index contributed by atoms with van der Waals surface area (Å²) < 4.78 is 65.5. The molecule has 0 unspecified atom stereocenters. The number of nitrogens with zero attached hydrogens (tertiary/aromatic N) is 2. The molecular formula is C15H14F4N2O3S. The molecule has 0 N–H and O–H groups in total. The Bertz CT molecular complexity index is 976. The summed E-state index contributed by atoms with van der Waals surface area (Å²) in [4.78, 5) is 23.7. The third-order valence-corrected chi connectivity index (χ3v) is 5.06. The van der Waals surface area contributed by atoms with Gasteiger partial charge in [0.2, 0.25) is 0 Å². The molecule has 2 aromatic rings. The minimum absolute atomic E-state index is 0.0745. The Hall–Kier alpha value is -2.23. The van der Waals surface area contributed by atoms with E-state index in [-0.39, 0.29) is 21.6 Å². The van der Waals surface area contributed by atoms with Crippen molar-refractivity contribution < 1.29 is 21.8 Å². The summed E-state index contributed by atoms with van der Waals surface area (Å²) in [5, 5.41) is 0. The molecule has 0 aliphatic rings. The van der Waals surface area contributed by atoms with Crippen LogP contribution in [0, 0.1) is 12.7 Å². The molecule has 0 amide bonds. The number of halogens is 4. The van der Waals surface area contributed by atoms with Gasteiger partial charge in [-0.1, -0.05) is 0 Å². The van der Waals surface area contributed by atoms with Gasteiger partial charge in [-0.3, -0.25) is 13.6 Å². The number of aryl methyl sites for hydroxylation is 2. The first kappa shape index (κ1) is 19.1. The zero-order valence-corrected chi connectivity index (χ0v) is 14.3. The monoisotopic (exact) mass is 378 g/mol. The lowest BCUT2D eigenvalue weighted by atomic mass is 10.1. The van der Waals surface area contributed by atoms with Crippen LogP contribution in [0.5, 0.6) is 0 Å². The molecule has 1 aromatic heterocycles. The number of benzene rings is 1. The molecule has 25 heavy (non-hydrogen) atoms. The highest BCUT2D eigenvalue weighted by atomic mass is 32.2. The van der Waals surface area contributed by atoms with Gasteiger partial charge in [0.1, 0.15) is 11.6 Å². The Kier molecular flexibility index (Phi) is 5.03. The van der Waals surface area contributed by atoms with Gasteiger partial charge in [-0.2, -0.15) is 13.2 Å². The van der Waals surface area contributed by atoms with E-state index in [4.69, 9.17) is 0 Å². The van der Waals surface area contributed by atoms with E-state index >= 15 is 0 Å². The van der Waals surface area contributed by atoms with Crippen molar-refractivity contribution in [1.82, 2.24) is 9.13 Å². The van der Waals surface area contributed by atoms with Crippen molar-refractivity contribution in [1.29, 1.82) is 0 Å². The lowest BCUT2D eigenvalue weighted by molar-refractivity contribution is -0.105. The van der Waals surface area contributed by atoms with Gasteiger partial charge in [0.25, 0.3) is 5.56 Å². The Morgan fingerprint density at radius 1 is 1.12 bits per heavy atom. The van der Waals surface area contributed by atoms with Crippen LogP contribution in [0.3, 0.4) is 0 Å². The number of rotatable bonds is 3. The molecule has 0 saturated carbocycles. The van der Waals surface area contributed by atoms with E-state index in [2.05, 4.69) is 0 Å². The van der Waals surface area contributed by atoms with Gasteiger partial charge in [0.15, 0.2) is 0 Å². The summed E-state index contributed by atoms with van der Waals surface area (Å²) in [6.07, 6.45) is -3.56. The third kappa shape index (κ3) is 3.89. The van der Waals surface area contributed by atoms with Crippen LogP contribution in [0.4, 0.5) is 17.6 Å². The van der Waals surface area contributed by atoms with Gasteiger partial charge in [-0.15, -0.1) is 0 Å². The normalized spacial score (nSPS) is 13.1. The summed E-state index contributed by atoms with van der Waals surface area (Å²) in [5.74, 6) is -2.44. The standard InChI is InChI=1S/C15H14F4N2O3S/c1-8-4-11(16)9(5-12(8)25(24)7-15(17,18)19)10-6-20(2)14(23)21(3)13(10)22/h4-6H,7H2,1-3H3/t25-/m1/s1. The Labute approximate surface area is 142 Å². The molecule has 0 fully saturated rings. The first-order valence-electron chi connectivity index (χ1n) is 6.94. The van der Waals surface area contributed by atoms with Crippen LogP contribution < -0.4 is 11.2 Å². The maximum Gasteiger partial charge on any atom is 0.400 e. The van der Waals surface area contributed by atoms with E-state index in [0.717, 1.165) is 27.5 Å². The molecule has 0 saturated heterocycles. The largest absolute Gasteiger partial charge is 0.400 e. The molecule has 5 nitrogen and oxygen atoms in total. The lowest BCUT2D eigenvalue weighted by Crippen LogP contribution is -2.37. The van der Waals surface area contributed by atoms with Gasteiger partial charge in [-0.05, 0) is 24.6 Å². The van der Waals surface area contributed by atoms with Crippen LogP contribution in [-0.4, -0.2) is 25.3 Å². The topological polar surface area (TPSA) is 61.1 Å². The van der Waals surface area contributed by atoms with Crippen molar-refractivity contribution in [2.75, 3.05) is 5.75 Å². The molecule has 1 atom stereocenters. The van der Waals surface area contributed by atoms with Gasteiger partial charge >= 0.3 is 11.9 Å². The van der Waals surface area contributed by atoms with Gasteiger partial charge < -0.3 is 4.57 Å². The van der Waals surface area contributed by atoms with E-state index in [1.807, 2.05) is 0 Å². The maximum absolute atomic E-state index is 14.3. The number of hydrogen-bond donors (Lipinski definition) is 0. The number of alkyl halides is 3. The molecule has 10 heteroatoms. The van der Waals surface area contributed by atoms with E-state index in [9.17, 15) is 31.4 Å². The molecule has 0 spiro atoms. The molecule has 0 aliphatic carbocycles. The Morgan fingerprint density at radius 2 is 1.72 bits per heavy atom. The fourth-order valence-electron chi connectivity index (χ4n) is 2.32. The van der Waals surface area contributed by atoms with Crippen LogP contribution in [-0.2, 0) is 24.9 Å². The SMILES string of the molecule is Cc1cc(F)c(-c2cn(C)c(=O)n(C)c2=O)cc1[S@](=O)CC(F)(F)F. The molecular weight excluding hydrogens is 364 g/mol. The second kappa shape index (κ2) is 6.58. The minimum atomic E-state index is -4.65. The second-order valence-electron chi connectivity index (χ2n) is 5.50. The van der Waals surface area contributed by atoms with Crippen LogP contribution in [0.2, 0.25) is 0 Å². The third-order valence-electron chi connectivity index (χ3n) is 3.54. The Balaban J connectivity index is 2.69. The van der Waals surface area contributed by atoms with Crippen molar-refractivity contribution in [2.45, 2.75) is 18.0 Å². The molecule has 136 valence electrons. The summed E-state index contributed by atoms with van der Waals surface area (Å²) in [6, 6.07) is 1.89. The average Bonchev–Trinajstić information content (AvgIpc) is 2.47. The highest BCUT2D eigenvalue weighted by molar-refractivity contribution is 7.85. The second-order valence-corrected chi connectivity index (χ2v) is 6.92. The fourth-order valence-corrected chi connectivity index (χ4v) is 3.44. The first-order chi connectivity index (χ1) is 11.4. The predicted octanol–water partition coefficient (Wildman–Crippen LogP) is 1.87. The minimum Gasteiger partial charge on any atom is -0.303 e. The zero-order chi connectivity index (χ0) is 19.1. The summed E-state index contributed by atoms with van der Waals surface area (Å²) >= 11 is 0. The van der Waals surface area contributed by atoms with Crippen molar-refractivity contribution in [3.05, 3.63) is 50.5 Å². The van der Waals surface area contributed by atoms with Gasteiger partial charge in [-0.25, -0.2) is 9.18 Å². The molecule has 0 bridgehead atoms. The van der Waals surface area contributed by atoms with E-state index in [1.54, 1.807) is 0 Å². The number of hydrogen-bond acceptors (Lipinski definition) is 3. The van der Waals surface area contributed by atoms with Crippen molar-refractivity contribution in [2.24, 2.45) is 14.1 Å². The van der Waals surface area contributed by atoms with E-state index in [0.29, 0.717) is 0 Å². The quantitative estimate of drug-likeness (QED) is 0.766. The zero-order valence-electron chi connectivity index (χ0n) is 13.5. The number of aromatic nitrogens is 2. The van der Waals surface area contributed by atoms with Gasteiger partial charge in [0, 0.05) is 30.8 Å². The maximum atomic E-state index is 14.3. The van der Waals surface area contributed by atoms with Crippen molar-refractivity contribution in [3.8, 4) is 11.1 Å². The summed E-state index contributed by atoms with van der Waals surface area (Å²) in [5.41, 5.74) is -1.90. The van der Waals surface area contributed by atoms with Gasteiger partial charge in [0.05, 0.1) is 16.4 Å². The van der Waals surface area contributed by atoms with Crippen molar-refractivity contribution >= 4 is 10.8 Å². The van der Waals surface area contributed by atoms with Crippen molar-refractivity contribution in [3.63, 3.8) is 0 Å². The van der Waals surface area contributed by atoms with E-state index < -0.39 is 39.8 Å². The predicted molar refractivity (Wildman–Crippen MR) is 84.4 cm³/mol. The van der Waals surface area contributed by atoms with Crippen LogP contribution in [0.15, 0.2) is 32.8 Å².